The minimum atomic E-state index is -1.10. The van der Waals surface area contributed by atoms with Crippen molar-refractivity contribution in [3.8, 4) is 0 Å². The molecule has 0 fully saturated rings. The van der Waals surface area contributed by atoms with Crippen LogP contribution in [-0.4, -0.2) is 26.8 Å². The normalized spacial score (nSPS) is 10.3. The van der Waals surface area contributed by atoms with Gasteiger partial charge in [-0.15, -0.1) is 0 Å². The number of carbonyl (C=O) groups excluding carboxylic acids is 1. The van der Waals surface area contributed by atoms with Crippen LogP contribution in [0.25, 0.3) is 0 Å². The van der Waals surface area contributed by atoms with Crippen LogP contribution in [0.4, 0.5) is 5.69 Å². The number of carboxylic acids is 1. The number of halogens is 2. The summed E-state index contributed by atoms with van der Waals surface area (Å²) in [4.78, 5) is 22.7. The Kier molecular flexibility index (Phi) is 4.26. The predicted molar refractivity (Wildman–Crippen MR) is 74.3 cm³/mol. The van der Waals surface area contributed by atoms with E-state index in [0.717, 1.165) is 0 Å². The van der Waals surface area contributed by atoms with Gasteiger partial charge >= 0.3 is 5.97 Å². The zero-order chi connectivity index (χ0) is 14.7. The maximum atomic E-state index is 11.8. The van der Waals surface area contributed by atoms with Gasteiger partial charge in [0.15, 0.2) is 0 Å². The SMILES string of the molecule is O=C(Cn1cc(Cl)cn1)Nc1cc(C(=O)O)ccc1Cl. The van der Waals surface area contributed by atoms with Gasteiger partial charge in [0, 0.05) is 6.20 Å². The van der Waals surface area contributed by atoms with Gasteiger partial charge in [0.1, 0.15) is 6.54 Å². The molecule has 8 heteroatoms. The van der Waals surface area contributed by atoms with E-state index in [1.54, 1.807) is 0 Å². The molecular formula is C12H9Cl2N3O3. The largest absolute Gasteiger partial charge is 0.478 e. The van der Waals surface area contributed by atoms with Crippen LogP contribution in [0.2, 0.25) is 10.0 Å². The number of nitrogens with one attached hydrogen (secondary N) is 1. The van der Waals surface area contributed by atoms with E-state index in [1.165, 1.54) is 35.3 Å². The number of rotatable bonds is 4. The van der Waals surface area contributed by atoms with Crippen molar-refractivity contribution < 1.29 is 14.7 Å². The molecule has 20 heavy (non-hydrogen) atoms. The van der Waals surface area contributed by atoms with Gasteiger partial charge in [0.25, 0.3) is 0 Å². The Bertz CT molecular complexity index is 670. The van der Waals surface area contributed by atoms with Gasteiger partial charge < -0.3 is 10.4 Å². The van der Waals surface area contributed by atoms with Gasteiger partial charge in [-0.1, -0.05) is 23.2 Å². The fourth-order valence-corrected chi connectivity index (χ4v) is 1.84. The van der Waals surface area contributed by atoms with E-state index in [0.29, 0.717) is 5.02 Å². The maximum Gasteiger partial charge on any atom is 0.335 e. The average molecular weight is 314 g/mol. The fraction of sp³-hybridized carbons (Fsp3) is 0.0833. The second kappa shape index (κ2) is 5.94. The minimum Gasteiger partial charge on any atom is -0.478 e. The van der Waals surface area contributed by atoms with Crippen LogP contribution >= 0.6 is 23.2 Å². The predicted octanol–water partition coefficient (Wildman–Crippen LogP) is 2.53. The zero-order valence-corrected chi connectivity index (χ0v) is 11.5. The first-order chi connectivity index (χ1) is 9.45. The van der Waals surface area contributed by atoms with E-state index in [2.05, 4.69) is 10.4 Å². The molecule has 0 saturated heterocycles. The Morgan fingerprint density at radius 2 is 2.10 bits per heavy atom. The molecule has 1 heterocycles. The van der Waals surface area contributed by atoms with Crippen molar-refractivity contribution in [2.45, 2.75) is 6.54 Å². The summed E-state index contributed by atoms with van der Waals surface area (Å²) in [6, 6.07) is 4.05. The first-order valence-corrected chi connectivity index (χ1v) is 6.22. The van der Waals surface area contributed by atoms with Crippen molar-refractivity contribution in [3.05, 3.63) is 46.2 Å². The van der Waals surface area contributed by atoms with Crippen molar-refractivity contribution in [2.75, 3.05) is 5.32 Å². The van der Waals surface area contributed by atoms with E-state index < -0.39 is 11.9 Å². The smallest absolute Gasteiger partial charge is 0.335 e. The lowest BCUT2D eigenvalue weighted by atomic mass is 10.2. The average Bonchev–Trinajstić information content (AvgIpc) is 2.77. The second-order valence-electron chi connectivity index (χ2n) is 3.90. The number of carbonyl (C=O) groups is 2. The summed E-state index contributed by atoms with van der Waals surface area (Å²) in [6.45, 7) is -0.0552. The number of carboxylic acid groups (broad SMARTS) is 1. The highest BCUT2D eigenvalue weighted by atomic mass is 35.5. The van der Waals surface area contributed by atoms with E-state index >= 15 is 0 Å². The van der Waals surface area contributed by atoms with Crippen LogP contribution < -0.4 is 5.32 Å². The number of aromatic nitrogens is 2. The van der Waals surface area contributed by atoms with Gasteiger partial charge in [-0.05, 0) is 18.2 Å². The quantitative estimate of drug-likeness (QED) is 0.908. The van der Waals surface area contributed by atoms with Crippen molar-refractivity contribution in [2.24, 2.45) is 0 Å². The second-order valence-corrected chi connectivity index (χ2v) is 4.75. The molecule has 0 spiro atoms. The highest BCUT2D eigenvalue weighted by Gasteiger charge is 2.11. The maximum absolute atomic E-state index is 11.8. The Morgan fingerprint density at radius 1 is 1.35 bits per heavy atom. The number of amides is 1. The topological polar surface area (TPSA) is 84.2 Å². The molecule has 2 rings (SSSR count). The van der Waals surface area contributed by atoms with Crippen LogP contribution in [-0.2, 0) is 11.3 Å². The molecule has 0 aliphatic carbocycles. The molecule has 0 atom stereocenters. The van der Waals surface area contributed by atoms with Crippen LogP contribution in [0, 0.1) is 0 Å². The van der Waals surface area contributed by atoms with Crippen molar-refractivity contribution in [3.63, 3.8) is 0 Å². The molecule has 1 aromatic heterocycles. The zero-order valence-electron chi connectivity index (χ0n) is 10.0. The van der Waals surface area contributed by atoms with Gasteiger partial charge in [0.2, 0.25) is 5.91 Å². The molecule has 1 aromatic carbocycles. The summed E-state index contributed by atoms with van der Waals surface area (Å²) in [5.74, 6) is -1.50. The highest BCUT2D eigenvalue weighted by molar-refractivity contribution is 6.33. The van der Waals surface area contributed by atoms with E-state index in [1.807, 2.05) is 0 Å². The molecule has 1 amide bonds. The Hall–Kier alpha value is -2.05. The van der Waals surface area contributed by atoms with Crippen LogP contribution in [0.15, 0.2) is 30.6 Å². The van der Waals surface area contributed by atoms with Crippen LogP contribution in [0.1, 0.15) is 10.4 Å². The number of anilines is 1. The molecule has 6 nitrogen and oxygen atoms in total. The van der Waals surface area contributed by atoms with Crippen LogP contribution in [0.3, 0.4) is 0 Å². The Balaban J connectivity index is 2.11. The lowest BCUT2D eigenvalue weighted by Gasteiger charge is -2.08. The third kappa shape index (κ3) is 3.49. The third-order valence-electron chi connectivity index (χ3n) is 2.39. The molecule has 0 saturated carbocycles. The Morgan fingerprint density at radius 3 is 2.70 bits per heavy atom. The summed E-state index contributed by atoms with van der Waals surface area (Å²) in [7, 11) is 0. The number of nitrogens with zero attached hydrogens (tertiary/aromatic N) is 2. The van der Waals surface area contributed by atoms with E-state index in [-0.39, 0.29) is 22.8 Å². The standard InChI is InChI=1S/C12H9Cl2N3O3/c13-8-4-15-17(5-8)6-11(18)16-10-3-7(12(19)20)1-2-9(10)14/h1-5H,6H2,(H,16,18)(H,19,20). The molecular weight excluding hydrogens is 305 g/mol. The number of hydrogen-bond donors (Lipinski definition) is 2. The van der Waals surface area contributed by atoms with E-state index in [9.17, 15) is 9.59 Å². The molecule has 0 radical (unpaired) electrons. The lowest BCUT2D eigenvalue weighted by molar-refractivity contribution is -0.116. The van der Waals surface area contributed by atoms with Crippen molar-refractivity contribution in [1.29, 1.82) is 0 Å². The minimum absolute atomic E-state index is 0.0341. The number of hydrogen-bond acceptors (Lipinski definition) is 3. The molecule has 0 bridgehead atoms. The molecule has 2 N–H and O–H groups in total. The lowest BCUT2D eigenvalue weighted by Crippen LogP contribution is -2.19. The molecule has 0 unspecified atom stereocenters. The van der Waals surface area contributed by atoms with Crippen molar-refractivity contribution in [1.82, 2.24) is 9.78 Å². The molecule has 2 aromatic rings. The van der Waals surface area contributed by atoms with Gasteiger partial charge in [-0.2, -0.15) is 5.10 Å². The fourth-order valence-electron chi connectivity index (χ4n) is 1.52. The van der Waals surface area contributed by atoms with Gasteiger partial charge in [-0.3, -0.25) is 9.48 Å². The van der Waals surface area contributed by atoms with Gasteiger partial charge in [-0.25, -0.2) is 4.79 Å². The summed E-state index contributed by atoms with van der Waals surface area (Å²) in [6.07, 6.45) is 2.91. The third-order valence-corrected chi connectivity index (χ3v) is 2.92. The summed E-state index contributed by atoms with van der Waals surface area (Å²) < 4.78 is 1.35. The summed E-state index contributed by atoms with van der Waals surface area (Å²) in [5, 5.41) is 15.9. The molecule has 104 valence electrons. The van der Waals surface area contributed by atoms with E-state index in [4.69, 9.17) is 28.3 Å². The molecule has 0 aliphatic heterocycles. The first kappa shape index (κ1) is 14.4. The number of benzene rings is 1. The molecule has 0 aliphatic rings. The summed E-state index contributed by atoms with van der Waals surface area (Å²) in [5.41, 5.74) is 0.265. The first-order valence-electron chi connectivity index (χ1n) is 5.46. The Labute approximate surface area is 123 Å². The summed E-state index contributed by atoms with van der Waals surface area (Å²) >= 11 is 11.6. The van der Waals surface area contributed by atoms with Gasteiger partial charge in [0.05, 0.1) is 27.5 Å². The van der Waals surface area contributed by atoms with Crippen molar-refractivity contribution >= 4 is 40.8 Å². The highest BCUT2D eigenvalue weighted by Crippen LogP contribution is 2.23. The van der Waals surface area contributed by atoms with Crippen LogP contribution in [0.5, 0.6) is 0 Å². The monoisotopic (exact) mass is 313 g/mol. The number of aromatic carboxylic acids is 1.